The highest BCUT2D eigenvalue weighted by Crippen LogP contribution is 2.24. The monoisotopic (exact) mass is 395 g/mol. The highest BCUT2D eigenvalue weighted by atomic mass is 35.5. The summed E-state index contributed by atoms with van der Waals surface area (Å²) in [5.41, 5.74) is 1.67. The van der Waals surface area contributed by atoms with E-state index < -0.39 is 12.0 Å². The van der Waals surface area contributed by atoms with Gasteiger partial charge in [0.15, 0.2) is 5.16 Å². The summed E-state index contributed by atoms with van der Waals surface area (Å²) in [6.07, 6.45) is 2.83. The number of hydrogen-bond acceptors (Lipinski definition) is 4. The van der Waals surface area contributed by atoms with Gasteiger partial charge in [0.25, 0.3) is 0 Å². The van der Waals surface area contributed by atoms with Crippen molar-refractivity contribution in [3.8, 4) is 0 Å². The van der Waals surface area contributed by atoms with Gasteiger partial charge in [0.05, 0.1) is 6.54 Å². The lowest BCUT2D eigenvalue weighted by atomic mass is 10.1. The second kappa shape index (κ2) is 9.64. The number of carbonyl (C=O) groups is 2. The third-order valence-corrected chi connectivity index (χ3v) is 5.28. The second-order valence-electron chi connectivity index (χ2n) is 5.85. The molecule has 2 aromatic rings. The predicted molar refractivity (Wildman–Crippen MR) is 103 cm³/mol. The van der Waals surface area contributed by atoms with Crippen molar-refractivity contribution < 1.29 is 14.7 Å². The fourth-order valence-electron chi connectivity index (χ4n) is 2.48. The second-order valence-corrected chi connectivity index (χ2v) is 7.32. The summed E-state index contributed by atoms with van der Waals surface area (Å²) in [5, 5.41) is 13.3. The zero-order valence-electron chi connectivity index (χ0n) is 14.7. The summed E-state index contributed by atoms with van der Waals surface area (Å²) in [6, 6.07) is 6.53. The van der Waals surface area contributed by atoms with Crippen LogP contribution >= 0.6 is 23.4 Å². The molecule has 1 atom stereocenters. The normalized spacial score (nSPS) is 12.0. The van der Waals surface area contributed by atoms with E-state index in [0.29, 0.717) is 11.6 Å². The summed E-state index contributed by atoms with van der Waals surface area (Å²) >= 11 is 7.90. The first-order chi connectivity index (χ1) is 12.4. The van der Waals surface area contributed by atoms with Crippen LogP contribution in [0.25, 0.3) is 0 Å². The van der Waals surface area contributed by atoms with Gasteiger partial charge in [-0.3, -0.25) is 4.79 Å². The zero-order chi connectivity index (χ0) is 19.1. The highest BCUT2D eigenvalue weighted by molar-refractivity contribution is 7.99. The van der Waals surface area contributed by atoms with E-state index in [1.54, 1.807) is 18.0 Å². The van der Waals surface area contributed by atoms with Crippen molar-refractivity contribution in [3.05, 3.63) is 46.7 Å². The molecule has 0 radical (unpaired) electrons. The molecule has 1 aromatic heterocycles. The number of benzene rings is 1. The lowest BCUT2D eigenvalue weighted by molar-refractivity contribution is -0.141. The smallest absolute Gasteiger partial charge is 0.326 e. The maximum absolute atomic E-state index is 11.5. The molecule has 2 rings (SSSR count). The number of imidazole rings is 1. The van der Waals surface area contributed by atoms with Gasteiger partial charge in [0.1, 0.15) is 6.04 Å². The largest absolute Gasteiger partial charge is 0.480 e. The van der Waals surface area contributed by atoms with Crippen molar-refractivity contribution in [1.29, 1.82) is 0 Å². The number of carbonyl (C=O) groups excluding carboxylic acids is 1. The molecule has 2 N–H and O–H groups in total. The molecule has 0 spiro atoms. The first kappa shape index (κ1) is 20.3. The fourth-order valence-corrected chi connectivity index (χ4v) is 3.53. The van der Waals surface area contributed by atoms with Crippen LogP contribution in [0.2, 0.25) is 5.02 Å². The molecule has 1 heterocycles. The molecule has 0 aliphatic carbocycles. The van der Waals surface area contributed by atoms with Gasteiger partial charge in [0, 0.05) is 36.0 Å². The fraction of sp³-hybridized carbons (Fsp3) is 0.389. The molecule has 0 aliphatic rings. The van der Waals surface area contributed by atoms with Gasteiger partial charge in [0.2, 0.25) is 5.91 Å². The van der Waals surface area contributed by atoms with E-state index in [4.69, 9.17) is 11.6 Å². The molecule has 0 aliphatic heterocycles. The number of carboxylic acids is 1. The number of nitrogens with zero attached hydrogens (tertiary/aromatic N) is 2. The molecular weight excluding hydrogens is 374 g/mol. The Morgan fingerprint density at radius 3 is 2.73 bits per heavy atom. The summed E-state index contributed by atoms with van der Waals surface area (Å²) in [4.78, 5) is 27.2. The molecule has 6 nitrogen and oxygen atoms in total. The first-order valence-corrected chi connectivity index (χ1v) is 9.69. The molecule has 8 heteroatoms. The van der Waals surface area contributed by atoms with Crippen LogP contribution in [0.4, 0.5) is 0 Å². The Balaban J connectivity index is 2.33. The number of rotatable bonds is 9. The lowest BCUT2D eigenvalue weighted by Crippen LogP contribution is -2.41. The van der Waals surface area contributed by atoms with E-state index in [2.05, 4.69) is 17.2 Å². The standard InChI is InChI=1S/C18H22ClN3O3S/c1-3-8-26-18-20-10-14(9-16(17(24)25)21-12(2)23)22(18)11-13-6-4-5-7-15(13)19/h4-7,10,16H,3,8-9,11H2,1-2H3,(H,21,23)(H,24,25)/t16-/m0/s1. The average Bonchev–Trinajstić information content (AvgIpc) is 2.95. The topological polar surface area (TPSA) is 84.2 Å². The molecule has 0 saturated carbocycles. The van der Waals surface area contributed by atoms with Gasteiger partial charge in [-0.05, 0) is 18.1 Å². The Morgan fingerprint density at radius 1 is 1.38 bits per heavy atom. The molecule has 140 valence electrons. The highest BCUT2D eigenvalue weighted by Gasteiger charge is 2.22. The molecule has 0 saturated heterocycles. The van der Waals surface area contributed by atoms with Crippen molar-refractivity contribution in [3.63, 3.8) is 0 Å². The van der Waals surface area contributed by atoms with Crippen molar-refractivity contribution in [2.75, 3.05) is 5.75 Å². The maximum Gasteiger partial charge on any atom is 0.326 e. The van der Waals surface area contributed by atoms with E-state index >= 15 is 0 Å². The third-order valence-electron chi connectivity index (χ3n) is 3.71. The molecule has 26 heavy (non-hydrogen) atoms. The van der Waals surface area contributed by atoms with Crippen molar-refractivity contribution in [2.45, 2.75) is 44.4 Å². The van der Waals surface area contributed by atoms with E-state index in [9.17, 15) is 14.7 Å². The molecule has 0 unspecified atom stereocenters. The minimum atomic E-state index is -1.08. The third kappa shape index (κ3) is 5.51. The van der Waals surface area contributed by atoms with E-state index in [1.165, 1.54) is 6.92 Å². The van der Waals surface area contributed by atoms with Gasteiger partial charge in [-0.25, -0.2) is 9.78 Å². The van der Waals surface area contributed by atoms with Gasteiger partial charge in [-0.2, -0.15) is 0 Å². The van der Waals surface area contributed by atoms with E-state index in [-0.39, 0.29) is 12.3 Å². The number of halogens is 1. The number of hydrogen-bond donors (Lipinski definition) is 2. The average molecular weight is 396 g/mol. The Labute approximate surface area is 162 Å². The minimum Gasteiger partial charge on any atom is -0.480 e. The Hall–Kier alpha value is -1.99. The van der Waals surface area contributed by atoms with Crippen LogP contribution in [-0.4, -0.2) is 38.3 Å². The van der Waals surface area contributed by atoms with Crippen molar-refractivity contribution in [1.82, 2.24) is 14.9 Å². The molecule has 0 bridgehead atoms. The van der Waals surface area contributed by atoms with Crippen molar-refractivity contribution >= 4 is 35.2 Å². The van der Waals surface area contributed by atoms with Crippen LogP contribution < -0.4 is 5.32 Å². The minimum absolute atomic E-state index is 0.152. The number of aromatic nitrogens is 2. The SMILES string of the molecule is CCCSc1ncc(C[C@H](NC(C)=O)C(=O)O)n1Cc1ccccc1Cl. The number of carboxylic acid groups (broad SMARTS) is 1. The van der Waals surface area contributed by atoms with Crippen LogP contribution in [-0.2, 0) is 22.6 Å². The maximum atomic E-state index is 11.5. The Morgan fingerprint density at radius 2 is 2.12 bits per heavy atom. The number of aliphatic carboxylic acids is 1. The Kier molecular flexibility index (Phi) is 7.53. The Bertz CT molecular complexity index is 779. The molecular formula is C18H22ClN3O3S. The summed E-state index contributed by atoms with van der Waals surface area (Å²) < 4.78 is 1.97. The van der Waals surface area contributed by atoms with E-state index in [1.807, 2.05) is 28.8 Å². The predicted octanol–water partition coefficient (Wildman–Crippen LogP) is 3.22. The quantitative estimate of drug-likeness (QED) is 0.637. The van der Waals surface area contributed by atoms with Gasteiger partial charge in [-0.1, -0.05) is 48.5 Å². The van der Waals surface area contributed by atoms with Gasteiger partial charge < -0.3 is 15.0 Å². The number of thioether (sulfide) groups is 1. The van der Waals surface area contributed by atoms with Crippen LogP contribution in [0.15, 0.2) is 35.6 Å². The van der Waals surface area contributed by atoms with Crippen molar-refractivity contribution in [2.24, 2.45) is 0 Å². The summed E-state index contributed by atoms with van der Waals surface area (Å²) in [6.45, 7) is 3.89. The number of nitrogens with one attached hydrogen (secondary N) is 1. The molecule has 1 aromatic carbocycles. The summed E-state index contributed by atoms with van der Waals surface area (Å²) in [7, 11) is 0. The van der Waals surface area contributed by atoms with Gasteiger partial charge in [-0.15, -0.1) is 0 Å². The van der Waals surface area contributed by atoms with Crippen LogP contribution in [0, 0.1) is 0 Å². The molecule has 1 amide bonds. The van der Waals surface area contributed by atoms with Crippen LogP contribution in [0.1, 0.15) is 31.5 Å². The van der Waals surface area contributed by atoms with E-state index in [0.717, 1.165) is 28.6 Å². The van der Waals surface area contributed by atoms with Gasteiger partial charge >= 0.3 is 5.97 Å². The first-order valence-electron chi connectivity index (χ1n) is 8.32. The zero-order valence-corrected chi connectivity index (χ0v) is 16.3. The van der Waals surface area contributed by atoms with Crippen LogP contribution in [0.3, 0.4) is 0 Å². The molecule has 0 fully saturated rings. The van der Waals surface area contributed by atoms with Crippen LogP contribution in [0.5, 0.6) is 0 Å². The lowest BCUT2D eigenvalue weighted by Gasteiger charge is -2.16. The number of amides is 1. The summed E-state index contributed by atoms with van der Waals surface area (Å²) in [5.74, 6) is -0.545.